The van der Waals surface area contributed by atoms with Gasteiger partial charge in [-0.2, -0.15) is 5.21 Å². The van der Waals surface area contributed by atoms with E-state index in [0.717, 1.165) is 24.2 Å². The number of rotatable bonds is 5. The molecule has 1 heterocycles. The number of H-pyrrole nitrogens is 1. The van der Waals surface area contributed by atoms with Gasteiger partial charge in [0.1, 0.15) is 0 Å². The number of nitrogens with zero attached hydrogens (tertiary/aromatic N) is 3. The maximum Gasteiger partial charge on any atom is 0.188 e. The average molecular weight is 193 g/mol. The summed E-state index contributed by atoms with van der Waals surface area (Å²) in [5, 5.41) is 17.5. The molecular weight excluding hydrogens is 178 g/mol. The maximum absolute atomic E-state index is 3.94. The molecule has 1 aromatic heterocycles. The normalized spacial score (nSPS) is 21.8. The van der Waals surface area contributed by atoms with Gasteiger partial charge in [0.05, 0.1) is 6.54 Å². The first-order valence-corrected chi connectivity index (χ1v) is 5.39. The molecule has 0 saturated heterocycles. The maximum atomic E-state index is 3.94. The molecule has 0 aliphatic heterocycles. The van der Waals surface area contributed by atoms with E-state index in [9.17, 15) is 0 Å². The number of hydrogen-bond acceptors (Lipinski definition) is 4. The summed E-state index contributed by atoms with van der Waals surface area (Å²) in [6, 6.07) is 0.716. The molecule has 0 spiro atoms. The zero-order valence-electron chi connectivity index (χ0n) is 8.11. The highest BCUT2D eigenvalue weighted by Gasteiger charge is 2.41. The van der Waals surface area contributed by atoms with Gasteiger partial charge in [0.2, 0.25) is 0 Å². The highest BCUT2D eigenvalue weighted by atomic mass is 15.5. The predicted molar refractivity (Wildman–Crippen MR) is 50.3 cm³/mol. The Bertz CT molecular complexity index is 276. The summed E-state index contributed by atoms with van der Waals surface area (Å²) in [7, 11) is 0. The van der Waals surface area contributed by atoms with Gasteiger partial charge < -0.3 is 5.32 Å². The highest BCUT2D eigenvalue weighted by molar-refractivity contribution is 4.96. The van der Waals surface area contributed by atoms with E-state index in [-0.39, 0.29) is 0 Å². The molecule has 2 N–H and O–H groups in total. The molecule has 2 fully saturated rings. The fourth-order valence-corrected chi connectivity index (χ4v) is 2.10. The van der Waals surface area contributed by atoms with E-state index in [0.29, 0.717) is 6.04 Å². The minimum atomic E-state index is 0.716. The molecule has 0 aromatic carbocycles. The van der Waals surface area contributed by atoms with E-state index in [1.54, 1.807) is 0 Å². The lowest BCUT2D eigenvalue weighted by molar-refractivity contribution is 0.410. The third-order valence-corrected chi connectivity index (χ3v) is 3.14. The van der Waals surface area contributed by atoms with E-state index >= 15 is 0 Å². The third-order valence-electron chi connectivity index (χ3n) is 3.14. The van der Waals surface area contributed by atoms with Crippen LogP contribution in [0.2, 0.25) is 0 Å². The molecule has 0 atom stereocenters. The minimum absolute atomic E-state index is 0.716. The quantitative estimate of drug-likeness (QED) is 0.713. The van der Waals surface area contributed by atoms with Crippen molar-refractivity contribution in [1.82, 2.24) is 25.9 Å². The van der Waals surface area contributed by atoms with Gasteiger partial charge in [-0.1, -0.05) is 5.21 Å². The van der Waals surface area contributed by atoms with Gasteiger partial charge in [0.25, 0.3) is 0 Å². The summed E-state index contributed by atoms with van der Waals surface area (Å²) in [6.07, 6.45) is 5.61. The van der Waals surface area contributed by atoms with Crippen LogP contribution in [0, 0.1) is 11.8 Å². The van der Waals surface area contributed by atoms with Crippen LogP contribution in [-0.2, 0) is 6.54 Å². The van der Waals surface area contributed by atoms with Crippen molar-refractivity contribution in [2.24, 2.45) is 11.8 Å². The largest absolute Gasteiger partial charge is 0.306 e. The number of hydrogen-bond donors (Lipinski definition) is 2. The van der Waals surface area contributed by atoms with Crippen LogP contribution in [0.5, 0.6) is 0 Å². The van der Waals surface area contributed by atoms with Crippen LogP contribution in [-0.4, -0.2) is 26.7 Å². The molecule has 5 heteroatoms. The van der Waals surface area contributed by atoms with E-state index in [4.69, 9.17) is 0 Å². The van der Waals surface area contributed by atoms with Gasteiger partial charge in [-0.3, -0.25) is 0 Å². The Morgan fingerprint density at radius 1 is 1.29 bits per heavy atom. The van der Waals surface area contributed by atoms with Crippen LogP contribution < -0.4 is 5.32 Å². The van der Waals surface area contributed by atoms with Crippen molar-refractivity contribution in [3.8, 4) is 0 Å². The van der Waals surface area contributed by atoms with Crippen LogP contribution in [0.1, 0.15) is 31.5 Å². The molecule has 2 saturated carbocycles. The Balaban J connectivity index is 1.54. The molecule has 14 heavy (non-hydrogen) atoms. The van der Waals surface area contributed by atoms with Crippen molar-refractivity contribution < 1.29 is 0 Å². The first kappa shape index (κ1) is 8.35. The first-order valence-electron chi connectivity index (χ1n) is 5.39. The van der Waals surface area contributed by atoms with Crippen LogP contribution >= 0.6 is 0 Å². The molecule has 0 radical (unpaired) electrons. The monoisotopic (exact) mass is 193 g/mol. The Morgan fingerprint density at radius 3 is 2.50 bits per heavy atom. The summed E-state index contributed by atoms with van der Waals surface area (Å²) in [4.78, 5) is 0. The molecule has 0 unspecified atom stereocenters. The van der Waals surface area contributed by atoms with Crippen LogP contribution in [0.25, 0.3) is 0 Å². The topological polar surface area (TPSA) is 66.5 Å². The molecule has 2 aliphatic rings. The summed E-state index contributed by atoms with van der Waals surface area (Å²) >= 11 is 0. The van der Waals surface area contributed by atoms with Gasteiger partial charge >= 0.3 is 0 Å². The fraction of sp³-hybridized carbons (Fsp3) is 0.889. The molecular formula is C9H15N5. The van der Waals surface area contributed by atoms with E-state index in [1.165, 1.54) is 25.7 Å². The second kappa shape index (κ2) is 3.31. The Kier molecular flexibility index (Phi) is 1.97. The summed E-state index contributed by atoms with van der Waals surface area (Å²) in [5.74, 6) is 2.63. The second-order valence-electron chi connectivity index (χ2n) is 4.41. The van der Waals surface area contributed by atoms with E-state index in [2.05, 4.69) is 25.9 Å². The standard InChI is InChI=1S/C9H15N5/c1-2-6(1)9(7-3-4-7)10-5-8-11-13-14-12-8/h6-7,9-10H,1-5H2,(H,11,12,13,14). The minimum Gasteiger partial charge on any atom is -0.306 e. The van der Waals surface area contributed by atoms with Crippen LogP contribution in [0.4, 0.5) is 0 Å². The smallest absolute Gasteiger partial charge is 0.188 e. The predicted octanol–water partition coefficient (Wildman–Crippen LogP) is 0.478. The molecule has 0 bridgehead atoms. The highest BCUT2D eigenvalue weighted by Crippen LogP contribution is 2.44. The fourth-order valence-electron chi connectivity index (χ4n) is 2.10. The average Bonchev–Trinajstić information content (AvgIpc) is 3.09. The lowest BCUT2D eigenvalue weighted by Crippen LogP contribution is -2.32. The lowest BCUT2D eigenvalue weighted by Gasteiger charge is -2.15. The van der Waals surface area contributed by atoms with E-state index < -0.39 is 0 Å². The van der Waals surface area contributed by atoms with Gasteiger partial charge in [-0.15, -0.1) is 10.2 Å². The molecule has 3 rings (SSSR count). The van der Waals surface area contributed by atoms with Crippen molar-refractivity contribution >= 4 is 0 Å². The summed E-state index contributed by atoms with van der Waals surface area (Å²) in [5.41, 5.74) is 0. The molecule has 0 amide bonds. The van der Waals surface area contributed by atoms with Crippen molar-refractivity contribution in [2.75, 3.05) is 0 Å². The van der Waals surface area contributed by atoms with E-state index in [1.807, 2.05) is 0 Å². The molecule has 1 aromatic rings. The van der Waals surface area contributed by atoms with Gasteiger partial charge in [-0.05, 0) is 37.5 Å². The zero-order chi connectivity index (χ0) is 9.38. The number of tetrazole rings is 1. The van der Waals surface area contributed by atoms with Crippen LogP contribution in [0.15, 0.2) is 0 Å². The molecule has 5 nitrogen and oxygen atoms in total. The molecule has 76 valence electrons. The number of aromatic amines is 1. The van der Waals surface area contributed by atoms with Crippen molar-refractivity contribution in [1.29, 1.82) is 0 Å². The number of nitrogens with one attached hydrogen (secondary N) is 2. The summed E-state index contributed by atoms with van der Waals surface area (Å²) < 4.78 is 0. The molecule has 2 aliphatic carbocycles. The van der Waals surface area contributed by atoms with Crippen molar-refractivity contribution in [3.63, 3.8) is 0 Å². The van der Waals surface area contributed by atoms with Crippen LogP contribution in [0.3, 0.4) is 0 Å². The Hall–Kier alpha value is -0.970. The third kappa shape index (κ3) is 1.77. The lowest BCUT2D eigenvalue weighted by atomic mass is 10.1. The Labute approximate surface area is 82.7 Å². The van der Waals surface area contributed by atoms with Crippen molar-refractivity contribution in [3.05, 3.63) is 5.82 Å². The Morgan fingerprint density at radius 2 is 2.00 bits per heavy atom. The zero-order valence-corrected chi connectivity index (χ0v) is 8.11. The van der Waals surface area contributed by atoms with Gasteiger partial charge in [0.15, 0.2) is 5.82 Å². The SMILES string of the molecule is C(NC(C1CC1)C1CC1)c1nn[nH]n1. The first-order chi connectivity index (χ1) is 6.93. The summed E-state index contributed by atoms with van der Waals surface area (Å²) in [6.45, 7) is 0.758. The van der Waals surface area contributed by atoms with Gasteiger partial charge in [-0.25, -0.2) is 0 Å². The number of aromatic nitrogens is 4. The second-order valence-corrected chi connectivity index (χ2v) is 4.41. The van der Waals surface area contributed by atoms with Gasteiger partial charge in [0, 0.05) is 6.04 Å². The van der Waals surface area contributed by atoms with Crippen molar-refractivity contribution in [2.45, 2.75) is 38.3 Å².